The molecule has 2 fully saturated rings. The van der Waals surface area contributed by atoms with Crippen LogP contribution in [0.3, 0.4) is 0 Å². The van der Waals surface area contributed by atoms with Gasteiger partial charge in [-0.25, -0.2) is 0 Å². The molecule has 4 rings (SSSR count). The van der Waals surface area contributed by atoms with Crippen molar-refractivity contribution in [3.05, 3.63) is 53.9 Å². The number of aromatic nitrogens is 1. The van der Waals surface area contributed by atoms with E-state index >= 15 is 0 Å². The average molecular weight is 380 g/mol. The summed E-state index contributed by atoms with van der Waals surface area (Å²) < 4.78 is 5.46. The summed E-state index contributed by atoms with van der Waals surface area (Å²) in [6.07, 6.45) is 7.08. The number of hydrogen-bond acceptors (Lipinski definition) is 4. The number of carbonyl (C=O) groups excluding carboxylic acids is 1. The van der Waals surface area contributed by atoms with Crippen LogP contribution in [0.2, 0.25) is 0 Å². The van der Waals surface area contributed by atoms with Crippen LogP contribution in [0, 0.1) is 6.92 Å². The van der Waals surface area contributed by atoms with Gasteiger partial charge in [0.15, 0.2) is 0 Å². The number of likely N-dealkylation sites (tertiary alicyclic amines) is 1. The van der Waals surface area contributed by atoms with E-state index in [0.717, 1.165) is 74.5 Å². The second kappa shape index (κ2) is 8.84. The Balaban J connectivity index is 1.48. The van der Waals surface area contributed by atoms with E-state index in [1.54, 1.807) is 0 Å². The molecule has 1 amide bonds. The van der Waals surface area contributed by atoms with E-state index in [9.17, 15) is 4.79 Å². The molecule has 1 aromatic carbocycles. The smallest absolute Gasteiger partial charge is 0.254 e. The zero-order valence-corrected chi connectivity index (χ0v) is 16.6. The zero-order valence-electron chi connectivity index (χ0n) is 16.6. The highest BCUT2D eigenvalue weighted by molar-refractivity contribution is 5.95. The number of carbonyl (C=O) groups is 1. The van der Waals surface area contributed by atoms with E-state index in [2.05, 4.69) is 33.8 Å². The Morgan fingerprint density at radius 3 is 2.64 bits per heavy atom. The lowest BCUT2D eigenvalue weighted by atomic mass is 9.98. The molecule has 2 aliphatic heterocycles. The summed E-state index contributed by atoms with van der Waals surface area (Å²) in [5.74, 6) is 0.163. The molecule has 2 aromatic rings. The van der Waals surface area contributed by atoms with Crippen LogP contribution in [0.4, 0.5) is 0 Å². The van der Waals surface area contributed by atoms with Gasteiger partial charge in [-0.15, -0.1) is 0 Å². The molecule has 1 aromatic heterocycles. The SMILES string of the molecule is Cc1cnccc1-c1ccc(C(=O)N2CCCC[C@@H]2CN2CCOCC2)cc1. The topological polar surface area (TPSA) is 45.7 Å². The van der Waals surface area contributed by atoms with Crippen LogP contribution in [-0.2, 0) is 4.74 Å². The van der Waals surface area contributed by atoms with Crippen LogP contribution in [-0.4, -0.2) is 66.1 Å². The Kier molecular flexibility index (Phi) is 6.03. The Morgan fingerprint density at radius 1 is 1.11 bits per heavy atom. The standard InChI is InChI=1S/C23H29N3O2/c1-18-16-24-10-9-22(18)19-5-7-20(8-6-19)23(27)26-11-3-2-4-21(26)17-25-12-14-28-15-13-25/h5-10,16,21H,2-4,11-15,17H2,1H3/t21-/m1/s1. The third-order valence-electron chi connectivity index (χ3n) is 5.92. The van der Waals surface area contributed by atoms with Gasteiger partial charge in [-0.3, -0.25) is 14.7 Å². The van der Waals surface area contributed by atoms with Crippen molar-refractivity contribution in [1.29, 1.82) is 0 Å². The van der Waals surface area contributed by atoms with E-state index in [1.165, 1.54) is 6.42 Å². The van der Waals surface area contributed by atoms with Crippen molar-refractivity contribution in [3.8, 4) is 11.1 Å². The van der Waals surface area contributed by atoms with E-state index in [0.29, 0.717) is 6.04 Å². The molecule has 28 heavy (non-hydrogen) atoms. The number of morpholine rings is 1. The largest absolute Gasteiger partial charge is 0.379 e. The lowest BCUT2D eigenvalue weighted by molar-refractivity contribution is 0.0166. The number of hydrogen-bond donors (Lipinski definition) is 0. The molecule has 0 aliphatic carbocycles. The predicted molar refractivity (Wildman–Crippen MR) is 110 cm³/mol. The molecular weight excluding hydrogens is 350 g/mol. The van der Waals surface area contributed by atoms with Crippen molar-refractivity contribution in [1.82, 2.24) is 14.8 Å². The van der Waals surface area contributed by atoms with Crippen LogP contribution in [0.25, 0.3) is 11.1 Å². The molecule has 0 radical (unpaired) electrons. The molecule has 3 heterocycles. The molecule has 0 bridgehead atoms. The molecule has 5 nitrogen and oxygen atoms in total. The Bertz CT molecular complexity index is 800. The first kappa shape index (κ1) is 19.1. The Morgan fingerprint density at radius 2 is 1.89 bits per heavy atom. The number of aryl methyl sites for hydroxylation is 1. The molecule has 0 saturated carbocycles. The maximum atomic E-state index is 13.2. The van der Waals surface area contributed by atoms with Crippen molar-refractivity contribution in [3.63, 3.8) is 0 Å². The summed E-state index contributed by atoms with van der Waals surface area (Å²) in [6, 6.07) is 10.4. The third-order valence-corrected chi connectivity index (χ3v) is 5.92. The first-order valence-corrected chi connectivity index (χ1v) is 10.3. The van der Waals surface area contributed by atoms with Crippen LogP contribution >= 0.6 is 0 Å². The van der Waals surface area contributed by atoms with Gasteiger partial charge in [-0.2, -0.15) is 0 Å². The number of rotatable bonds is 4. The van der Waals surface area contributed by atoms with Crippen molar-refractivity contribution in [2.45, 2.75) is 32.2 Å². The number of pyridine rings is 1. The minimum atomic E-state index is 0.163. The summed E-state index contributed by atoms with van der Waals surface area (Å²) in [5, 5.41) is 0. The highest BCUT2D eigenvalue weighted by Gasteiger charge is 2.29. The van der Waals surface area contributed by atoms with E-state index in [-0.39, 0.29) is 5.91 Å². The molecule has 2 aliphatic rings. The number of amides is 1. The minimum Gasteiger partial charge on any atom is -0.379 e. The highest BCUT2D eigenvalue weighted by Crippen LogP contribution is 2.25. The minimum absolute atomic E-state index is 0.163. The fourth-order valence-electron chi connectivity index (χ4n) is 4.29. The molecule has 2 saturated heterocycles. The quantitative estimate of drug-likeness (QED) is 0.817. The number of ether oxygens (including phenoxy) is 1. The summed E-state index contributed by atoms with van der Waals surface area (Å²) in [5.41, 5.74) is 4.21. The maximum Gasteiger partial charge on any atom is 0.254 e. The molecule has 5 heteroatoms. The van der Waals surface area contributed by atoms with Crippen molar-refractivity contribution >= 4 is 5.91 Å². The third kappa shape index (κ3) is 4.26. The second-order valence-electron chi connectivity index (χ2n) is 7.83. The monoisotopic (exact) mass is 379 g/mol. The maximum absolute atomic E-state index is 13.2. The van der Waals surface area contributed by atoms with Crippen LogP contribution in [0.1, 0.15) is 35.2 Å². The molecule has 0 N–H and O–H groups in total. The normalized spacial score (nSPS) is 20.9. The molecule has 0 spiro atoms. The zero-order chi connectivity index (χ0) is 19.3. The van der Waals surface area contributed by atoms with Gasteiger partial charge in [0.25, 0.3) is 5.91 Å². The first-order valence-electron chi connectivity index (χ1n) is 10.3. The van der Waals surface area contributed by atoms with Crippen molar-refractivity contribution < 1.29 is 9.53 Å². The predicted octanol–water partition coefficient (Wildman–Crippen LogP) is 3.38. The second-order valence-corrected chi connectivity index (χ2v) is 7.83. The van der Waals surface area contributed by atoms with E-state index < -0.39 is 0 Å². The molecule has 148 valence electrons. The van der Waals surface area contributed by atoms with Crippen LogP contribution < -0.4 is 0 Å². The Hall–Kier alpha value is -2.24. The van der Waals surface area contributed by atoms with Gasteiger partial charge >= 0.3 is 0 Å². The van der Waals surface area contributed by atoms with Gasteiger partial charge < -0.3 is 9.64 Å². The Labute approximate surface area is 167 Å². The van der Waals surface area contributed by atoms with Gasteiger partial charge in [-0.1, -0.05) is 12.1 Å². The van der Waals surface area contributed by atoms with Crippen molar-refractivity contribution in [2.75, 3.05) is 39.4 Å². The van der Waals surface area contributed by atoms with Gasteiger partial charge in [0, 0.05) is 50.2 Å². The number of benzene rings is 1. The van der Waals surface area contributed by atoms with Gasteiger partial charge in [0.1, 0.15) is 0 Å². The fraction of sp³-hybridized carbons (Fsp3) is 0.478. The summed E-state index contributed by atoms with van der Waals surface area (Å²) in [7, 11) is 0. The summed E-state index contributed by atoms with van der Waals surface area (Å²) >= 11 is 0. The first-order chi connectivity index (χ1) is 13.7. The summed E-state index contributed by atoms with van der Waals surface area (Å²) in [6.45, 7) is 7.43. The van der Waals surface area contributed by atoms with Crippen LogP contribution in [0.5, 0.6) is 0 Å². The fourth-order valence-corrected chi connectivity index (χ4v) is 4.29. The van der Waals surface area contributed by atoms with Crippen LogP contribution in [0.15, 0.2) is 42.7 Å². The molecule has 0 unspecified atom stereocenters. The lowest BCUT2D eigenvalue weighted by Crippen LogP contribution is -2.51. The van der Waals surface area contributed by atoms with E-state index in [4.69, 9.17) is 4.74 Å². The number of nitrogens with zero attached hydrogens (tertiary/aromatic N) is 3. The number of piperidine rings is 1. The summed E-state index contributed by atoms with van der Waals surface area (Å²) in [4.78, 5) is 21.9. The van der Waals surface area contributed by atoms with Crippen molar-refractivity contribution in [2.24, 2.45) is 0 Å². The lowest BCUT2D eigenvalue weighted by Gasteiger charge is -2.39. The van der Waals surface area contributed by atoms with Gasteiger partial charge in [0.2, 0.25) is 0 Å². The highest BCUT2D eigenvalue weighted by atomic mass is 16.5. The van der Waals surface area contributed by atoms with Gasteiger partial charge in [0.05, 0.1) is 13.2 Å². The van der Waals surface area contributed by atoms with Gasteiger partial charge in [-0.05, 0) is 61.1 Å². The molecule has 1 atom stereocenters. The van der Waals surface area contributed by atoms with E-state index in [1.807, 2.05) is 30.6 Å². The molecular formula is C23H29N3O2. The average Bonchev–Trinajstić information content (AvgIpc) is 2.75.